The molecule has 7 nitrogen and oxygen atoms in total. The normalized spacial score (nSPS) is 16.8. The first-order valence-electron chi connectivity index (χ1n) is 11.6. The fourth-order valence-corrected chi connectivity index (χ4v) is 4.57. The summed E-state index contributed by atoms with van der Waals surface area (Å²) in [7, 11) is 0. The fourth-order valence-electron chi connectivity index (χ4n) is 4.57. The van der Waals surface area contributed by atoms with Gasteiger partial charge in [0.1, 0.15) is 5.75 Å². The van der Waals surface area contributed by atoms with Gasteiger partial charge in [0.25, 0.3) is 5.91 Å². The second-order valence-electron chi connectivity index (χ2n) is 8.49. The molecule has 1 aliphatic rings. The van der Waals surface area contributed by atoms with Crippen molar-refractivity contribution in [3.63, 3.8) is 0 Å². The number of carboxylic acid groups (broad SMARTS) is 1. The molecular formula is C28H28N2O5. The lowest BCUT2D eigenvalue weighted by molar-refractivity contribution is -0.139. The summed E-state index contributed by atoms with van der Waals surface area (Å²) in [5.41, 5.74) is 3.00. The molecule has 2 unspecified atom stereocenters. The molecule has 0 spiro atoms. The van der Waals surface area contributed by atoms with Crippen LogP contribution in [-0.2, 0) is 9.59 Å². The zero-order valence-electron chi connectivity index (χ0n) is 19.8. The highest BCUT2D eigenvalue weighted by Crippen LogP contribution is 2.43. The summed E-state index contributed by atoms with van der Waals surface area (Å²) in [6, 6.07) is 23.5. The van der Waals surface area contributed by atoms with E-state index in [-0.39, 0.29) is 23.9 Å². The number of amides is 2. The molecule has 3 aromatic rings. The van der Waals surface area contributed by atoms with Crippen molar-refractivity contribution in [1.29, 1.82) is 0 Å². The number of carboxylic acids is 1. The lowest BCUT2D eigenvalue weighted by atomic mass is 9.89. The third kappa shape index (κ3) is 5.04. The molecule has 7 heteroatoms. The molecule has 180 valence electrons. The standard InChI is InChI=1S/C28H28N2O5/c1-3-26(31)30(21-9-5-4-6-10-21)25-17-19(2)29(24-12-8-7-11-23(24)25)28(34)20-13-15-22(16-14-20)35-18-27(32)33/h4-16,19,25H,3,17-18H2,1-2H3,(H,32,33). The van der Waals surface area contributed by atoms with E-state index < -0.39 is 12.6 Å². The first kappa shape index (κ1) is 24.0. The van der Waals surface area contributed by atoms with Gasteiger partial charge in [0, 0.05) is 29.4 Å². The molecule has 0 radical (unpaired) electrons. The number of nitrogens with zero attached hydrogens (tertiary/aromatic N) is 2. The molecule has 1 heterocycles. The molecular weight excluding hydrogens is 444 g/mol. The van der Waals surface area contributed by atoms with E-state index in [9.17, 15) is 14.4 Å². The Morgan fingerprint density at radius 3 is 2.29 bits per heavy atom. The highest BCUT2D eigenvalue weighted by Gasteiger charge is 2.38. The van der Waals surface area contributed by atoms with E-state index in [1.807, 2.05) is 73.3 Å². The van der Waals surface area contributed by atoms with Crippen molar-refractivity contribution in [3.8, 4) is 5.75 Å². The van der Waals surface area contributed by atoms with Gasteiger partial charge in [-0.1, -0.05) is 43.3 Å². The Bertz CT molecular complexity index is 1210. The molecule has 1 aliphatic heterocycles. The van der Waals surface area contributed by atoms with Gasteiger partial charge in [0.2, 0.25) is 5.91 Å². The third-order valence-corrected chi connectivity index (χ3v) is 6.16. The maximum Gasteiger partial charge on any atom is 0.341 e. The summed E-state index contributed by atoms with van der Waals surface area (Å²) < 4.78 is 5.18. The van der Waals surface area contributed by atoms with Crippen LogP contribution in [0.15, 0.2) is 78.9 Å². The number of rotatable bonds is 7. The number of anilines is 2. The van der Waals surface area contributed by atoms with Crippen LogP contribution in [0.25, 0.3) is 0 Å². The highest BCUT2D eigenvalue weighted by atomic mass is 16.5. The van der Waals surface area contributed by atoms with E-state index in [2.05, 4.69) is 0 Å². The zero-order chi connectivity index (χ0) is 24.9. The number of hydrogen-bond acceptors (Lipinski definition) is 4. The summed E-state index contributed by atoms with van der Waals surface area (Å²) in [5.74, 6) is -0.821. The molecule has 0 aliphatic carbocycles. The number of carbonyl (C=O) groups excluding carboxylic acids is 2. The summed E-state index contributed by atoms with van der Waals surface area (Å²) >= 11 is 0. The number of ether oxygens (including phenoxy) is 1. The maximum absolute atomic E-state index is 13.6. The molecule has 0 bridgehead atoms. The molecule has 0 saturated heterocycles. The van der Waals surface area contributed by atoms with Crippen LogP contribution in [0.4, 0.5) is 11.4 Å². The Morgan fingerprint density at radius 1 is 0.971 bits per heavy atom. The number of fused-ring (bicyclic) bond motifs is 1. The number of carbonyl (C=O) groups is 3. The van der Waals surface area contributed by atoms with Gasteiger partial charge in [0.15, 0.2) is 6.61 Å². The molecule has 35 heavy (non-hydrogen) atoms. The number of para-hydroxylation sites is 2. The van der Waals surface area contributed by atoms with Crippen LogP contribution in [0.5, 0.6) is 5.75 Å². The van der Waals surface area contributed by atoms with Crippen LogP contribution in [0.2, 0.25) is 0 Å². The van der Waals surface area contributed by atoms with E-state index >= 15 is 0 Å². The van der Waals surface area contributed by atoms with Crippen molar-refractivity contribution in [2.45, 2.75) is 38.8 Å². The Hall–Kier alpha value is -4.13. The SMILES string of the molecule is CCC(=O)N(c1ccccc1)C1CC(C)N(C(=O)c2ccc(OCC(=O)O)cc2)c2ccccc21. The molecule has 0 aromatic heterocycles. The first-order chi connectivity index (χ1) is 16.9. The minimum atomic E-state index is -1.07. The molecule has 0 saturated carbocycles. The van der Waals surface area contributed by atoms with Crippen molar-refractivity contribution < 1.29 is 24.2 Å². The van der Waals surface area contributed by atoms with Gasteiger partial charge < -0.3 is 19.6 Å². The van der Waals surface area contributed by atoms with Crippen LogP contribution in [0.3, 0.4) is 0 Å². The van der Waals surface area contributed by atoms with Gasteiger partial charge in [0.05, 0.1) is 6.04 Å². The van der Waals surface area contributed by atoms with Crippen molar-refractivity contribution in [3.05, 3.63) is 90.0 Å². The molecule has 2 atom stereocenters. The molecule has 0 fully saturated rings. The number of hydrogen-bond donors (Lipinski definition) is 1. The second-order valence-corrected chi connectivity index (χ2v) is 8.49. The van der Waals surface area contributed by atoms with Crippen molar-refractivity contribution >= 4 is 29.2 Å². The molecule has 3 aromatic carbocycles. The Kier molecular flexibility index (Phi) is 7.15. The van der Waals surface area contributed by atoms with Gasteiger partial charge >= 0.3 is 5.97 Å². The average Bonchev–Trinajstić information content (AvgIpc) is 2.88. The minimum Gasteiger partial charge on any atom is -0.482 e. The largest absolute Gasteiger partial charge is 0.482 e. The van der Waals surface area contributed by atoms with Crippen LogP contribution in [0.1, 0.15) is 48.7 Å². The predicted octanol–water partition coefficient (Wildman–Crippen LogP) is 5.07. The third-order valence-electron chi connectivity index (χ3n) is 6.16. The lowest BCUT2D eigenvalue weighted by Gasteiger charge is -2.43. The smallest absolute Gasteiger partial charge is 0.341 e. The van der Waals surface area contributed by atoms with Gasteiger partial charge in [-0.3, -0.25) is 9.59 Å². The van der Waals surface area contributed by atoms with Gasteiger partial charge in [-0.15, -0.1) is 0 Å². The molecule has 4 rings (SSSR count). The van der Waals surface area contributed by atoms with E-state index in [1.165, 1.54) is 0 Å². The second kappa shape index (κ2) is 10.4. The monoisotopic (exact) mass is 472 g/mol. The summed E-state index contributed by atoms with van der Waals surface area (Å²) in [4.78, 5) is 41.0. The average molecular weight is 473 g/mol. The lowest BCUT2D eigenvalue weighted by Crippen LogP contribution is -2.47. The number of benzene rings is 3. The van der Waals surface area contributed by atoms with E-state index in [1.54, 1.807) is 29.2 Å². The van der Waals surface area contributed by atoms with E-state index in [0.717, 1.165) is 16.9 Å². The van der Waals surface area contributed by atoms with E-state index in [0.29, 0.717) is 24.2 Å². The predicted molar refractivity (Wildman–Crippen MR) is 134 cm³/mol. The topological polar surface area (TPSA) is 87.2 Å². The van der Waals surface area contributed by atoms with Gasteiger partial charge in [-0.25, -0.2) is 4.79 Å². The van der Waals surface area contributed by atoms with Crippen LogP contribution in [0, 0.1) is 0 Å². The first-order valence-corrected chi connectivity index (χ1v) is 11.6. The summed E-state index contributed by atoms with van der Waals surface area (Å²) in [5, 5.41) is 8.78. The zero-order valence-corrected chi connectivity index (χ0v) is 19.8. The maximum atomic E-state index is 13.6. The Balaban J connectivity index is 1.68. The van der Waals surface area contributed by atoms with Crippen molar-refractivity contribution in [2.24, 2.45) is 0 Å². The quantitative estimate of drug-likeness (QED) is 0.519. The fraction of sp³-hybridized carbons (Fsp3) is 0.250. The van der Waals surface area contributed by atoms with Crippen molar-refractivity contribution in [2.75, 3.05) is 16.4 Å². The Morgan fingerprint density at radius 2 is 1.63 bits per heavy atom. The minimum absolute atomic E-state index is 0.0277. The molecule has 1 N–H and O–H groups in total. The van der Waals surface area contributed by atoms with E-state index in [4.69, 9.17) is 9.84 Å². The van der Waals surface area contributed by atoms with Gasteiger partial charge in [-0.05, 0) is 61.4 Å². The van der Waals surface area contributed by atoms with Crippen molar-refractivity contribution in [1.82, 2.24) is 0 Å². The van der Waals surface area contributed by atoms with Crippen LogP contribution >= 0.6 is 0 Å². The highest BCUT2D eigenvalue weighted by molar-refractivity contribution is 6.07. The number of aliphatic carboxylic acids is 1. The van der Waals surface area contributed by atoms with Crippen LogP contribution in [-0.4, -0.2) is 35.5 Å². The van der Waals surface area contributed by atoms with Gasteiger partial charge in [-0.2, -0.15) is 0 Å². The molecule has 2 amide bonds. The summed E-state index contributed by atoms with van der Waals surface area (Å²) in [6.45, 7) is 3.40. The summed E-state index contributed by atoms with van der Waals surface area (Å²) in [6.07, 6.45) is 0.962. The van der Waals surface area contributed by atoms with Crippen LogP contribution < -0.4 is 14.5 Å². The Labute approximate surface area is 204 Å².